The highest BCUT2D eigenvalue weighted by Gasteiger charge is 2.28. The van der Waals surface area contributed by atoms with Crippen molar-refractivity contribution in [1.29, 1.82) is 0 Å². The van der Waals surface area contributed by atoms with Crippen LogP contribution in [0, 0.1) is 17.7 Å². The molecule has 1 unspecified atom stereocenters. The summed E-state index contributed by atoms with van der Waals surface area (Å²) in [7, 11) is 0. The summed E-state index contributed by atoms with van der Waals surface area (Å²) in [4.78, 5) is 0. The van der Waals surface area contributed by atoms with Gasteiger partial charge in [0.05, 0.1) is 0 Å². The zero-order valence-corrected chi connectivity index (χ0v) is 13.2. The molecule has 1 N–H and O–H groups in total. The molecule has 1 atom stereocenters. The van der Waals surface area contributed by atoms with Crippen molar-refractivity contribution in [2.24, 2.45) is 11.8 Å². The van der Waals surface area contributed by atoms with Crippen LogP contribution in [-0.2, 0) is 0 Å². The molecule has 1 aromatic rings. The van der Waals surface area contributed by atoms with Crippen LogP contribution in [0.1, 0.15) is 57.6 Å². The molecule has 1 saturated carbocycles. The summed E-state index contributed by atoms with van der Waals surface area (Å²) >= 11 is 6.06. The van der Waals surface area contributed by atoms with Gasteiger partial charge >= 0.3 is 0 Å². The summed E-state index contributed by atoms with van der Waals surface area (Å²) in [5.41, 5.74) is 0.741. The summed E-state index contributed by atoms with van der Waals surface area (Å²) in [6, 6.07) is 5.01. The minimum Gasteiger partial charge on any atom is -0.310 e. The number of nitrogens with one attached hydrogen (secondary N) is 1. The van der Waals surface area contributed by atoms with Crippen LogP contribution < -0.4 is 5.32 Å². The standard InChI is InChI=1S/C17H25ClFN/c1-3-10-20-17(13-6-4-12(2)5-7-13)15-11-14(18)8-9-16(15)19/h8-9,11-13,17,20H,3-7,10H2,1-2H3. The Morgan fingerprint density at radius 3 is 2.65 bits per heavy atom. The van der Waals surface area contributed by atoms with E-state index in [1.165, 1.54) is 31.7 Å². The summed E-state index contributed by atoms with van der Waals surface area (Å²) in [5.74, 6) is 1.19. The lowest BCUT2D eigenvalue weighted by Crippen LogP contribution is -2.32. The first-order chi connectivity index (χ1) is 9.61. The Morgan fingerprint density at radius 2 is 2.00 bits per heavy atom. The van der Waals surface area contributed by atoms with E-state index in [4.69, 9.17) is 11.6 Å². The van der Waals surface area contributed by atoms with Crippen molar-refractivity contribution in [2.45, 2.75) is 52.0 Å². The smallest absolute Gasteiger partial charge is 0.128 e. The van der Waals surface area contributed by atoms with Crippen molar-refractivity contribution in [3.05, 3.63) is 34.6 Å². The third-order valence-corrected chi connectivity index (χ3v) is 4.67. The average molecular weight is 298 g/mol. The summed E-state index contributed by atoms with van der Waals surface area (Å²) < 4.78 is 14.2. The molecule has 112 valence electrons. The first kappa shape index (κ1) is 15.8. The number of benzene rings is 1. The van der Waals surface area contributed by atoms with Gasteiger partial charge in [0, 0.05) is 16.6 Å². The number of hydrogen-bond donors (Lipinski definition) is 1. The molecule has 2 rings (SSSR count). The fourth-order valence-corrected chi connectivity index (χ4v) is 3.38. The van der Waals surface area contributed by atoms with Crippen molar-refractivity contribution >= 4 is 11.6 Å². The second-order valence-electron chi connectivity index (χ2n) is 6.12. The van der Waals surface area contributed by atoms with E-state index in [-0.39, 0.29) is 11.9 Å². The van der Waals surface area contributed by atoms with Crippen molar-refractivity contribution < 1.29 is 4.39 Å². The minimum atomic E-state index is -0.137. The molecule has 0 heterocycles. The van der Waals surface area contributed by atoms with Crippen molar-refractivity contribution in [2.75, 3.05) is 6.54 Å². The molecule has 1 nitrogen and oxygen atoms in total. The Hall–Kier alpha value is -0.600. The van der Waals surface area contributed by atoms with E-state index in [0.717, 1.165) is 24.4 Å². The molecule has 0 bridgehead atoms. The van der Waals surface area contributed by atoms with Crippen molar-refractivity contribution in [1.82, 2.24) is 5.32 Å². The Bertz CT molecular complexity index is 427. The normalized spacial score (nSPS) is 24.6. The van der Waals surface area contributed by atoms with Gasteiger partial charge in [0.1, 0.15) is 5.82 Å². The van der Waals surface area contributed by atoms with Gasteiger partial charge in [-0.2, -0.15) is 0 Å². The molecule has 3 heteroatoms. The summed E-state index contributed by atoms with van der Waals surface area (Å²) in [5, 5.41) is 4.16. The number of halogens is 2. The van der Waals surface area contributed by atoms with Gasteiger partial charge in [-0.25, -0.2) is 4.39 Å². The van der Waals surface area contributed by atoms with Crippen LogP contribution in [0.2, 0.25) is 5.02 Å². The number of hydrogen-bond acceptors (Lipinski definition) is 1. The maximum absolute atomic E-state index is 14.2. The molecular weight excluding hydrogens is 273 g/mol. The Morgan fingerprint density at radius 1 is 1.30 bits per heavy atom. The molecule has 0 amide bonds. The first-order valence-corrected chi connectivity index (χ1v) is 8.18. The molecule has 0 spiro atoms. The lowest BCUT2D eigenvalue weighted by molar-refractivity contribution is 0.228. The quantitative estimate of drug-likeness (QED) is 0.773. The van der Waals surface area contributed by atoms with Gasteiger partial charge in [0.15, 0.2) is 0 Å². The average Bonchev–Trinajstić information content (AvgIpc) is 2.44. The lowest BCUT2D eigenvalue weighted by Gasteiger charge is -2.34. The molecule has 1 fully saturated rings. The van der Waals surface area contributed by atoms with E-state index in [9.17, 15) is 4.39 Å². The van der Waals surface area contributed by atoms with Crippen LogP contribution in [0.25, 0.3) is 0 Å². The van der Waals surface area contributed by atoms with Crippen molar-refractivity contribution in [3.63, 3.8) is 0 Å². The van der Waals surface area contributed by atoms with Crippen LogP contribution >= 0.6 is 11.6 Å². The molecule has 1 aromatic carbocycles. The van der Waals surface area contributed by atoms with E-state index in [1.807, 2.05) is 0 Å². The minimum absolute atomic E-state index is 0.0983. The Labute approximate surface area is 126 Å². The molecule has 0 aromatic heterocycles. The van der Waals surface area contributed by atoms with Crippen LogP contribution in [0.15, 0.2) is 18.2 Å². The van der Waals surface area contributed by atoms with E-state index >= 15 is 0 Å². The second kappa shape index (κ2) is 7.42. The van der Waals surface area contributed by atoms with Crippen LogP contribution in [0.5, 0.6) is 0 Å². The highest BCUT2D eigenvalue weighted by atomic mass is 35.5. The Kier molecular flexibility index (Phi) is 5.86. The summed E-state index contributed by atoms with van der Waals surface area (Å²) in [6.45, 7) is 5.37. The predicted molar refractivity (Wildman–Crippen MR) is 83.6 cm³/mol. The molecule has 1 aliphatic carbocycles. The van der Waals surface area contributed by atoms with Gasteiger partial charge in [0.25, 0.3) is 0 Å². The zero-order chi connectivity index (χ0) is 14.5. The number of rotatable bonds is 5. The first-order valence-electron chi connectivity index (χ1n) is 7.80. The summed E-state index contributed by atoms with van der Waals surface area (Å²) in [6.07, 6.45) is 5.90. The second-order valence-corrected chi connectivity index (χ2v) is 6.55. The maximum Gasteiger partial charge on any atom is 0.128 e. The highest BCUT2D eigenvalue weighted by molar-refractivity contribution is 6.30. The third-order valence-electron chi connectivity index (χ3n) is 4.44. The van der Waals surface area contributed by atoms with Crippen molar-refractivity contribution in [3.8, 4) is 0 Å². The van der Waals surface area contributed by atoms with E-state index < -0.39 is 0 Å². The molecule has 0 aliphatic heterocycles. The van der Waals surface area contributed by atoms with Gasteiger partial charge in [0.2, 0.25) is 0 Å². The fraction of sp³-hybridized carbons (Fsp3) is 0.647. The largest absolute Gasteiger partial charge is 0.310 e. The van der Waals surface area contributed by atoms with E-state index in [2.05, 4.69) is 19.2 Å². The molecule has 0 radical (unpaired) electrons. The predicted octanol–water partition coefficient (Wildman–Crippen LogP) is 5.35. The molecule has 20 heavy (non-hydrogen) atoms. The van der Waals surface area contributed by atoms with Gasteiger partial charge in [-0.15, -0.1) is 0 Å². The zero-order valence-electron chi connectivity index (χ0n) is 12.5. The molecule has 0 saturated heterocycles. The fourth-order valence-electron chi connectivity index (χ4n) is 3.20. The molecular formula is C17H25ClFN. The monoisotopic (exact) mass is 297 g/mol. The SMILES string of the molecule is CCCNC(c1cc(Cl)ccc1F)C1CCC(C)CC1. The van der Waals surface area contributed by atoms with Gasteiger partial charge < -0.3 is 5.32 Å². The van der Waals surface area contributed by atoms with Gasteiger partial charge in [-0.1, -0.05) is 38.3 Å². The third kappa shape index (κ3) is 3.95. The van der Waals surface area contributed by atoms with Crippen LogP contribution in [-0.4, -0.2) is 6.54 Å². The van der Waals surface area contributed by atoms with Crippen LogP contribution in [0.3, 0.4) is 0 Å². The van der Waals surface area contributed by atoms with E-state index in [0.29, 0.717) is 10.9 Å². The van der Waals surface area contributed by atoms with E-state index in [1.54, 1.807) is 12.1 Å². The van der Waals surface area contributed by atoms with Crippen LogP contribution in [0.4, 0.5) is 4.39 Å². The highest BCUT2D eigenvalue weighted by Crippen LogP contribution is 2.38. The van der Waals surface area contributed by atoms with Gasteiger partial charge in [-0.05, 0) is 55.8 Å². The maximum atomic E-state index is 14.2. The lowest BCUT2D eigenvalue weighted by atomic mass is 9.77. The Balaban J connectivity index is 2.20. The molecule has 1 aliphatic rings. The topological polar surface area (TPSA) is 12.0 Å². The van der Waals surface area contributed by atoms with Gasteiger partial charge in [-0.3, -0.25) is 0 Å².